The van der Waals surface area contributed by atoms with Crippen LogP contribution in [0.15, 0.2) is 44.6 Å². The summed E-state index contributed by atoms with van der Waals surface area (Å²) in [6.45, 7) is 2.87. The van der Waals surface area contributed by atoms with E-state index in [1.165, 1.54) is 26.2 Å². The summed E-state index contributed by atoms with van der Waals surface area (Å²) in [5, 5.41) is 12.8. The van der Waals surface area contributed by atoms with Crippen LogP contribution in [-0.2, 0) is 15.6 Å². The normalized spacial score (nSPS) is 12.6. The zero-order valence-corrected chi connectivity index (χ0v) is 13.9. The highest BCUT2D eigenvalue weighted by Gasteiger charge is 2.35. The van der Waals surface area contributed by atoms with E-state index < -0.39 is 27.3 Å². The Morgan fingerprint density at radius 1 is 1.32 bits per heavy atom. The predicted octanol–water partition coefficient (Wildman–Crippen LogP) is 2.47. The molecule has 0 amide bonds. The van der Waals surface area contributed by atoms with Crippen molar-refractivity contribution in [3.05, 3.63) is 47.8 Å². The number of benzene rings is 1. The van der Waals surface area contributed by atoms with Crippen molar-refractivity contribution in [1.29, 1.82) is 0 Å². The number of nitrogens with zero attached hydrogens (tertiary/aromatic N) is 1. The van der Waals surface area contributed by atoms with Crippen LogP contribution in [0.2, 0.25) is 0 Å². The number of hydrogen-bond donors (Lipinski definition) is 2. The Labute approximate surface area is 141 Å². The highest BCUT2D eigenvalue weighted by molar-refractivity contribution is 7.89. The summed E-state index contributed by atoms with van der Waals surface area (Å²) < 4.78 is 51.2. The van der Waals surface area contributed by atoms with Gasteiger partial charge in [-0.05, 0) is 32.0 Å². The zero-order chi connectivity index (χ0) is 18.4. The molecule has 0 aliphatic rings. The molecule has 0 radical (unpaired) electrons. The van der Waals surface area contributed by atoms with Crippen LogP contribution in [0.5, 0.6) is 0 Å². The van der Waals surface area contributed by atoms with Crippen LogP contribution < -0.4 is 4.72 Å². The van der Waals surface area contributed by atoms with E-state index in [0.717, 1.165) is 18.4 Å². The van der Waals surface area contributed by atoms with Gasteiger partial charge in [0.25, 0.3) is 0 Å². The van der Waals surface area contributed by atoms with Crippen LogP contribution in [0.1, 0.15) is 29.9 Å². The second kappa shape index (κ2) is 5.67. The van der Waals surface area contributed by atoms with Crippen molar-refractivity contribution in [2.75, 3.05) is 0 Å². The zero-order valence-electron chi connectivity index (χ0n) is 13.1. The summed E-state index contributed by atoms with van der Waals surface area (Å²) in [7, 11) is -4.15. The lowest BCUT2D eigenvalue weighted by atomic mass is 9.99. The van der Waals surface area contributed by atoms with Gasteiger partial charge < -0.3 is 14.0 Å². The number of carbonyl (C=O) groups is 1. The molecule has 0 unspecified atom stereocenters. The first-order valence-electron chi connectivity index (χ1n) is 7.01. The van der Waals surface area contributed by atoms with Gasteiger partial charge in [-0.3, -0.25) is 0 Å². The van der Waals surface area contributed by atoms with Crippen molar-refractivity contribution in [3.8, 4) is 0 Å². The predicted molar refractivity (Wildman–Crippen MR) is 83.0 cm³/mol. The Kier molecular flexibility index (Phi) is 3.88. The van der Waals surface area contributed by atoms with Gasteiger partial charge in [-0.1, -0.05) is 5.16 Å². The molecule has 0 bridgehead atoms. The highest BCUT2D eigenvalue weighted by Crippen LogP contribution is 2.30. The third-order valence-corrected chi connectivity index (χ3v) is 5.31. The Balaban J connectivity index is 2.06. The summed E-state index contributed by atoms with van der Waals surface area (Å²) in [5.74, 6) is -1.99. The first-order chi connectivity index (χ1) is 11.6. The molecule has 2 N–H and O–H groups in total. The molecule has 3 rings (SSSR count). The monoisotopic (exact) mass is 368 g/mol. The van der Waals surface area contributed by atoms with Crippen LogP contribution in [0.25, 0.3) is 11.0 Å². The number of carboxylic acid groups (broad SMARTS) is 1. The average Bonchev–Trinajstić information content (AvgIpc) is 3.16. The Bertz CT molecular complexity index is 1070. The molecule has 0 fully saturated rings. The molecular weight excluding hydrogens is 355 g/mol. The number of carboxylic acids is 1. The van der Waals surface area contributed by atoms with Crippen molar-refractivity contribution in [1.82, 2.24) is 9.88 Å². The molecule has 0 saturated heterocycles. The van der Waals surface area contributed by atoms with Gasteiger partial charge in [0.2, 0.25) is 10.0 Å². The van der Waals surface area contributed by atoms with Crippen LogP contribution in [0.4, 0.5) is 4.39 Å². The molecule has 132 valence electrons. The van der Waals surface area contributed by atoms with Crippen LogP contribution in [0, 0.1) is 5.82 Å². The number of rotatable bonds is 5. The minimum absolute atomic E-state index is 0.0712. The quantitative estimate of drug-likeness (QED) is 0.709. The Morgan fingerprint density at radius 2 is 2.04 bits per heavy atom. The van der Waals surface area contributed by atoms with Gasteiger partial charge in [-0.2, -0.15) is 4.72 Å². The SMILES string of the molecule is CC(C)(NS(=O)(=O)c1ccc(F)c2occc12)c1nocc1C(=O)O. The van der Waals surface area contributed by atoms with Crippen LogP contribution in [-0.4, -0.2) is 24.7 Å². The van der Waals surface area contributed by atoms with Crippen molar-refractivity contribution in [3.63, 3.8) is 0 Å². The summed E-state index contributed by atoms with van der Waals surface area (Å²) in [5.41, 5.74) is -1.94. The molecule has 2 heterocycles. The maximum absolute atomic E-state index is 13.7. The smallest absolute Gasteiger partial charge is 0.341 e. The number of nitrogens with one attached hydrogen (secondary N) is 1. The van der Waals surface area contributed by atoms with Gasteiger partial charge in [0, 0.05) is 5.39 Å². The molecule has 25 heavy (non-hydrogen) atoms. The molecule has 0 aliphatic carbocycles. The summed E-state index contributed by atoms with van der Waals surface area (Å²) >= 11 is 0. The van der Waals surface area contributed by atoms with Crippen LogP contribution in [0.3, 0.4) is 0 Å². The van der Waals surface area contributed by atoms with E-state index in [2.05, 4.69) is 14.4 Å². The van der Waals surface area contributed by atoms with Crippen molar-refractivity contribution >= 4 is 27.0 Å². The third kappa shape index (κ3) is 2.89. The number of hydrogen-bond acceptors (Lipinski definition) is 6. The van der Waals surface area contributed by atoms with Gasteiger partial charge >= 0.3 is 5.97 Å². The number of furan rings is 1. The van der Waals surface area contributed by atoms with E-state index in [9.17, 15) is 17.6 Å². The minimum Gasteiger partial charge on any atom is -0.478 e. The lowest BCUT2D eigenvalue weighted by Crippen LogP contribution is -2.42. The number of halogens is 1. The van der Waals surface area contributed by atoms with Crippen molar-refractivity contribution in [2.24, 2.45) is 0 Å². The molecule has 0 aliphatic heterocycles. The molecule has 8 nitrogen and oxygen atoms in total. The number of sulfonamides is 1. The number of aromatic nitrogens is 1. The largest absolute Gasteiger partial charge is 0.478 e. The number of fused-ring (bicyclic) bond motifs is 1. The summed E-state index contributed by atoms with van der Waals surface area (Å²) in [4.78, 5) is 11.0. The second-order valence-corrected chi connectivity index (χ2v) is 7.47. The molecule has 0 spiro atoms. The summed E-state index contributed by atoms with van der Waals surface area (Å²) in [6, 6.07) is 3.41. The molecule has 3 aromatic rings. The molecule has 1 aromatic carbocycles. The first kappa shape index (κ1) is 17.1. The fourth-order valence-electron chi connectivity index (χ4n) is 2.52. The number of aromatic carboxylic acids is 1. The van der Waals surface area contributed by atoms with E-state index in [0.29, 0.717) is 0 Å². The standard InChI is InChI=1S/C15H13FN2O6S/c1-15(2,13-9(14(19)20)7-24-17-13)18-25(21,22)11-4-3-10(16)12-8(11)5-6-23-12/h3-7,18H,1-2H3,(H,19,20). The molecule has 2 aromatic heterocycles. The fraction of sp³-hybridized carbons (Fsp3) is 0.200. The first-order valence-corrected chi connectivity index (χ1v) is 8.49. The van der Waals surface area contributed by atoms with Crippen LogP contribution >= 0.6 is 0 Å². The molecule has 0 atom stereocenters. The van der Waals surface area contributed by atoms with Gasteiger partial charge in [-0.25, -0.2) is 17.6 Å². The lowest BCUT2D eigenvalue weighted by molar-refractivity contribution is 0.0693. The maximum Gasteiger partial charge on any atom is 0.341 e. The van der Waals surface area contributed by atoms with Crippen molar-refractivity contribution < 1.29 is 31.6 Å². The van der Waals surface area contributed by atoms with Crippen molar-refractivity contribution in [2.45, 2.75) is 24.3 Å². The second-order valence-electron chi connectivity index (χ2n) is 5.82. The van der Waals surface area contributed by atoms with Gasteiger partial charge in [0.1, 0.15) is 17.5 Å². The molecule has 0 saturated carbocycles. The fourth-order valence-corrected chi connectivity index (χ4v) is 4.09. The summed E-state index contributed by atoms with van der Waals surface area (Å²) in [6.07, 6.45) is 2.10. The molecule has 10 heteroatoms. The van der Waals surface area contributed by atoms with E-state index in [1.54, 1.807) is 0 Å². The van der Waals surface area contributed by atoms with E-state index in [4.69, 9.17) is 9.52 Å². The van der Waals surface area contributed by atoms with E-state index in [-0.39, 0.29) is 27.1 Å². The minimum atomic E-state index is -4.15. The molecular formula is C15H13FN2O6S. The highest BCUT2D eigenvalue weighted by atomic mass is 32.2. The maximum atomic E-state index is 13.7. The average molecular weight is 368 g/mol. The van der Waals surface area contributed by atoms with E-state index in [1.807, 2.05) is 0 Å². The topological polar surface area (TPSA) is 123 Å². The third-order valence-electron chi connectivity index (χ3n) is 3.60. The van der Waals surface area contributed by atoms with Gasteiger partial charge in [-0.15, -0.1) is 0 Å². The lowest BCUT2D eigenvalue weighted by Gasteiger charge is -2.24. The Morgan fingerprint density at radius 3 is 2.72 bits per heavy atom. The van der Waals surface area contributed by atoms with Gasteiger partial charge in [0.15, 0.2) is 11.4 Å². The van der Waals surface area contributed by atoms with E-state index >= 15 is 0 Å². The van der Waals surface area contributed by atoms with Gasteiger partial charge in [0.05, 0.1) is 16.7 Å². The Hall–Kier alpha value is -2.72.